The van der Waals surface area contributed by atoms with E-state index < -0.39 is 0 Å². The van der Waals surface area contributed by atoms with Crippen LogP contribution in [-0.4, -0.2) is 5.11 Å². The molecule has 1 rings (SSSR count). The smallest absolute Gasteiger partial charge is 0.115 e. The van der Waals surface area contributed by atoms with Crippen molar-refractivity contribution in [2.75, 3.05) is 0 Å². The highest BCUT2D eigenvalue weighted by atomic mass is 16.3. The molecule has 0 amide bonds. The predicted molar refractivity (Wildman–Crippen MR) is 74.5 cm³/mol. The Morgan fingerprint density at radius 2 is 2.00 bits per heavy atom. The second-order valence-corrected chi connectivity index (χ2v) is 4.64. The third-order valence-electron chi connectivity index (χ3n) is 3.15. The van der Waals surface area contributed by atoms with Crippen molar-refractivity contribution in [3.63, 3.8) is 0 Å². The van der Waals surface area contributed by atoms with Gasteiger partial charge in [0.25, 0.3) is 0 Å². The average Bonchev–Trinajstić information content (AvgIpc) is 2.28. The second-order valence-electron chi connectivity index (χ2n) is 4.64. The van der Waals surface area contributed by atoms with E-state index in [-0.39, 0.29) is 0 Å². The van der Waals surface area contributed by atoms with Crippen LogP contribution in [-0.2, 0) is 0 Å². The largest absolute Gasteiger partial charge is 0.508 e. The van der Waals surface area contributed by atoms with Gasteiger partial charge in [-0.1, -0.05) is 38.5 Å². The van der Waals surface area contributed by atoms with E-state index in [4.69, 9.17) is 0 Å². The number of hydrogen-bond donors (Lipinski definition) is 1. The van der Waals surface area contributed by atoms with Gasteiger partial charge in [0.2, 0.25) is 0 Å². The number of allylic oxidation sites excluding steroid dienone is 2. The molecular weight excluding hydrogens is 208 g/mol. The van der Waals surface area contributed by atoms with Gasteiger partial charge in [-0.15, -0.1) is 0 Å². The van der Waals surface area contributed by atoms with Crippen LogP contribution >= 0.6 is 0 Å². The molecule has 1 aromatic rings. The number of rotatable bonds is 6. The fraction of sp³-hybridized carbons (Fsp3) is 0.500. The summed E-state index contributed by atoms with van der Waals surface area (Å²) in [6.07, 6.45) is 9.14. The van der Waals surface area contributed by atoms with E-state index in [0.717, 1.165) is 12.8 Å². The lowest BCUT2D eigenvalue weighted by Crippen LogP contribution is -2.00. The Kier molecular flexibility index (Phi) is 5.82. The molecule has 1 unspecified atom stereocenters. The third kappa shape index (κ3) is 4.26. The van der Waals surface area contributed by atoms with Crippen molar-refractivity contribution in [1.29, 1.82) is 0 Å². The minimum atomic E-state index is 0.366. The Hall–Kier alpha value is -1.24. The molecule has 0 aliphatic rings. The number of aromatic hydroxyl groups is 1. The van der Waals surface area contributed by atoms with Crippen molar-refractivity contribution in [1.82, 2.24) is 0 Å². The summed E-state index contributed by atoms with van der Waals surface area (Å²) in [5.41, 5.74) is 2.58. The molecule has 0 fully saturated rings. The van der Waals surface area contributed by atoms with Gasteiger partial charge >= 0.3 is 0 Å². The summed E-state index contributed by atoms with van der Waals surface area (Å²) in [6.45, 7) is 6.48. The van der Waals surface area contributed by atoms with Crippen LogP contribution in [0.5, 0.6) is 5.75 Å². The van der Waals surface area contributed by atoms with Gasteiger partial charge in [0, 0.05) is 0 Å². The zero-order valence-corrected chi connectivity index (χ0v) is 11.2. The van der Waals surface area contributed by atoms with Crippen molar-refractivity contribution in [2.24, 2.45) is 0 Å². The summed E-state index contributed by atoms with van der Waals surface area (Å²) >= 11 is 0. The van der Waals surface area contributed by atoms with Crippen molar-refractivity contribution in [3.05, 3.63) is 41.5 Å². The Morgan fingerprint density at radius 3 is 2.59 bits per heavy atom. The highest BCUT2D eigenvalue weighted by Crippen LogP contribution is 2.30. The van der Waals surface area contributed by atoms with Gasteiger partial charge < -0.3 is 5.11 Å². The fourth-order valence-electron chi connectivity index (χ4n) is 2.29. The molecule has 1 nitrogen and oxygen atoms in total. The first-order chi connectivity index (χ1) is 8.19. The van der Waals surface area contributed by atoms with E-state index in [9.17, 15) is 5.11 Å². The van der Waals surface area contributed by atoms with Crippen molar-refractivity contribution in [3.8, 4) is 5.75 Å². The number of hydrogen-bond acceptors (Lipinski definition) is 1. The minimum Gasteiger partial charge on any atom is -0.508 e. The van der Waals surface area contributed by atoms with Gasteiger partial charge in [-0.2, -0.15) is 0 Å². The lowest BCUT2D eigenvalue weighted by molar-refractivity contribution is 0.474. The standard InChI is InChI=1S/C16H24O/c1-4-6-7-9-14(8-5-2)16-11-10-15(17)12-13(16)3/h6-7,10-12,14,17H,4-5,8-9H2,1-3H3/b7-6-. The summed E-state index contributed by atoms with van der Waals surface area (Å²) in [4.78, 5) is 0. The van der Waals surface area contributed by atoms with Crippen LogP contribution in [0.2, 0.25) is 0 Å². The van der Waals surface area contributed by atoms with E-state index in [1.165, 1.54) is 24.0 Å². The van der Waals surface area contributed by atoms with Gasteiger partial charge in [0.15, 0.2) is 0 Å². The highest BCUT2D eigenvalue weighted by Gasteiger charge is 2.11. The highest BCUT2D eigenvalue weighted by molar-refractivity contribution is 5.36. The zero-order valence-electron chi connectivity index (χ0n) is 11.2. The van der Waals surface area contributed by atoms with E-state index in [2.05, 4.69) is 39.0 Å². The van der Waals surface area contributed by atoms with Crippen molar-refractivity contribution >= 4 is 0 Å². The molecule has 0 radical (unpaired) electrons. The molecule has 0 heterocycles. The maximum atomic E-state index is 9.45. The van der Waals surface area contributed by atoms with Crippen molar-refractivity contribution in [2.45, 2.75) is 52.4 Å². The first-order valence-electron chi connectivity index (χ1n) is 6.63. The van der Waals surface area contributed by atoms with Crippen LogP contribution in [0.4, 0.5) is 0 Å². The summed E-state index contributed by atoms with van der Waals surface area (Å²) in [5, 5.41) is 9.45. The molecule has 0 aromatic heterocycles. The molecule has 0 saturated heterocycles. The average molecular weight is 232 g/mol. The van der Waals surface area contributed by atoms with Crippen LogP contribution in [0, 0.1) is 6.92 Å². The van der Waals surface area contributed by atoms with E-state index >= 15 is 0 Å². The van der Waals surface area contributed by atoms with Gasteiger partial charge in [0.05, 0.1) is 0 Å². The Morgan fingerprint density at radius 1 is 1.24 bits per heavy atom. The van der Waals surface area contributed by atoms with E-state index in [1.54, 1.807) is 6.07 Å². The first-order valence-corrected chi connectivity index (χ1v) is 6.63. The van der Waals surface area contributed by atoms with Crippen LogP contribution < -0.4 is 0 Å². The van der Waals surface area contributed by atoms with Gasteiger partial charge in [-0.3, -0.25) is 0 Å². The fourth-order valence-corrected chi connectivity index (χ4v) is 2.29. The van der Waals surface area contributed by atoms with Crippen LogP contribution in [0.15, 0.2) is 30.4 Å². The topological polar surface area (TPSA) is 20.2 Å². The molecule has 1 N–H and O–H groups in total. The molecule has 0 saturated carbocycles. The lowest BCUT2D eigenvalue weighted by atomic mass is 9.88. The molecule has 0 bridgehead atoms. The van der Waals surface area contributed by atoms with Crippen LogP contribution in [0.25, 0.3) is 0 Å². The minimum absolute atomic E-state index is 0.366. The maximum Gasteiger partial charge on any atom is 0.115 e. The van der Waals surface area contributed by atoms with Gasteiger partial charge in [-0.25, -0.2) is 0 Å². The van der Waals surface area contributed by atoms with Crippen LogP contribution in [0.3, 0.4) is 0 Å². The third-order valence-corrected chi connectivity index (χ3v) is 3.15. The monoisotopic (exact) mass is 232 g/mol. The Balaban J connectivity index is 2.84. The number of phenolic OH excluding ortho intramolecular Hbond substituents is 1. The molecular formula is C16H24O. The number of aryl methyl sites for hydroxylation is 1. The van der Waals surface area contributed by atoms with Gasteiger partial charge in [0.1, 0.15) is 5.75 Å². The first kappa shape index (κ1) is 13.8. The normalized spacial score (nSPS) is 13.1. The predicted octanol–water partition coefficient (Wildman–Crippen LogP) is 4.94. The molecule has 0 aliphatic heterocycles. The quantitative estimate of drug-likeness (QED) is 0.689. The van der Waals surface area contributed by atoms with Gasteiger partial charge in [-0.05, 0) is 55.4 Å². The molecule has 1 aromatic carbocycles. The summed E-state index contributed by atoms with van der Waals surface area (Å²) in [5.74, 6) is 0.953. The van der Waals surface area contributed by atoms with E-state index in [1.807, 2.05) is 6.07 Å². The molecule has 0 spiro atoms. The molecule has 0 aliphatic carbocycles. The SMILES string of the molecule is CC/C=C\CC(CCC)c1ccc(O)cc1C. The summed E-state index contributed by atoms with van der Waals surface area (Å²) in [6, 6.07) is 5.74. The summed E-state index contributed by atoms with van der Waals surface area (Å²) < 4.78 is 0. The van der Waals surface area contributed by atoms with E-state index in [0.29, 0.717) is 11.7 Å². The number of benzene rings is 1. The molecule has 1 atom stereocenters. The van der Waals surface area contributed by atoms with Crippen molar-refractivity contribution < 1.29 is 5.11 Å². The molecule has 17 heavy (non-hydrogen) atoms. The van der Waals surface area contributed by atoms with Crippen LogP contribution in [0.1, 0.15) is 56.6 Å². The molecule has 94 valence electrons. The Bertz CT molecular complexity index is 366. The molecule has 1 heteroatoms. The summed E-state index contributed by atoms with van der Waals surface area (Å²) in [7, 11) is 0. The second kappa shape index (κ2) is 7.16. The Labute approximate surface area is 105 Å². The maximum absolute atomic E-state index is 9.45. The number of phenols is 1. The lowest BCUT2D eigenvalue weighted by Gasteiger charge is -2.17. The zero-order chi connectivity index (χ0) is 12.7.